The van der Waals surface area contributed by atoms with E-state index in [9.17, 15) is 20.0 Å². The number of piperidine rings is 1. The second-order valence-corrected chi connectivity index (χ2v) is 6.02. The van der Waals surface area contributed by atoms with E-state index >= 15 is 0 Å². The molecule has 21 heavy (non-hydrogen) atoms. The number of nitro groups is 1. The van der Waals surface area contributed by atoms with Crippen LogP contribution in [0.4, 0.5) is 5.69 Å². The summed E-state index contributed by atoms with van der Waals surface area (Å²) in [5.41, 5.74) is -0.310. The SMILES string of the molecule is O=C(c1c(Cl)cccc1[N+](=O)[O-])N1C2CCC1CC(O)C2. The van der Waals surface area contributed by atoms with Crippen LogP contribution in [-0.4, -0.2) is 39.0 Å². The molecule has 0 radical (unpaired) electrons. The fourth-order valence-corrected chi connectivity index (χ4v) is 3.74. The Bertz CT molecular complexity index is 593. The average Bonchev–Trinajstić information content (AvgIpc) is 2.70. The molecule has 1 N–H and O–H groups in total. The maximum Gasteiger partial charge on any atom is 0.283 e. The van der Waals surface area contributed by atoms with Gasteiger partial charge in [0, 0.05) is 18.2 Å². The van der Waals surface area contributed by atoms with Crippen LogP contribution in [0.2, 0.25) is 5.02 Å². The molecule has 2 heterocycles. The van der Waals surface area contributed by atoms with Crippen molar-refractivity contribution in [2.24, 2.45) is 0 Å². The van der Waals surface area contributed by atoms with Gasteiger partial charge in [-0.15, -0.1) is 0 Å². The van der Waals surface area contributed by atoms with Gasteiger partial charge < -0.3 is 10.0 Å². The zero-order valence-electron chi connectivity index (χ0n) is 11.2. The first-order valence-electron chi connectivity index (χ1n) is 6.92. The Labute approximate surface area is 126 Å². The highest BCUT2D eigenvalue weighted by Gasteiger charge is 2.44. The molecule has 0 spiro atoms. The van der Waals surface area contributed by atoms with Gasteiger partial charge in [0.25, 0.3) is 11.6 Å². The molecule has 2 aliphatic heterocycles. The Morgan fingerprint density at radius 2 is 1.95 bits per heavy atom. The molecule has 2 aliphatic rings. The second kappa shape index (κ2) is 5.27. The Balaban J connectivity index is 1.99. The lowest BCUT2D eigenvalue weighted by molar-refractivity contribution is -0.385. The minimum absolute atomic E-state index is 0.0440. The molecule has 112 valence electrons. The van der Waals surface area contributed by atoms with Gasteiger partial charge in [-0.25, -0.2) is 0 Å². The number of aliphatic hydroxyl groups excluding tert-OH is 1. The third kappa shape index (κ3) is 2.38. The fourth-order valence-electron chi connectivity index (χ4n) is 3.49. The summed E-state index contributed by atoms with van der Waals surface area (Å²) in [6.07, 6.45) is 2.31. The molecule has 2 unspecified atom stereocenters. The first-order valence-corrected chi connectivity index (χ1v) is 7.30. The van der Waals surface area contributed by atoms with Crippen molar-refractivity contribution >= 4 is 23.2 Å². The molecule has 2 atom stereocenters. The zero-order chi connectivity index (χ0) is 15.1. The van der Waals surface area contributed by atoms with Gasteiger partial charge in [0.2, 0.25) is 0 Å². The molecule has 0 aliphatic carbocycles. The maximum absolute atomic E-state index is 12.8. The van der Waals surface area contributed by atoms with Gasteiger partial charge >= 0.3 is 0 Å². The number of hydrogen-bond acceptors (Lipinski definition) is 4. The summed E-state index contributed by atoms with van der Waals surface area (Å²) in [6.45, 7) is 0. The van der Waals surface area contributed by atoms with Gasteiger partial charge in [-0.3, -0.25) is 14.9 Å². The first-order chi connectivity index (χ1) is 9.99. The van der Waals surface area contributed by atoms with Crippen LogP contribution in [-0.2, 0) is 0 Å². The molecule has 2 bridgehead atoms. The minimum atomic E-state index is -0.584. The van der Waals surface area contributed by atoms with Crippen molar-refractivity contribution in [3.05, 3.63) is 38.9 Å². The average molecular weight is 311 g/mol. The molecule has 0 saturated carbocycles. The normalized spacial score (nSPS) is 27.7. The van der Waals surface area contributed by atoms with Crippen molar-refractivity contribution in [2.45, 2.75) is 43.9 Å². The highest BCUT2D eigenvalue weighted by atomic mass is 35.5. The van der Waals surface area contributed by atoms with Crippen LogP contribution in [0, 0.1) is 10.1 Å². The summed E-state index contributed by atoms with van der Waals surface area (Å²) in [5.74, 6) is -0.397. The predicted molar refractivity (Wildman–Crippen MR) is 76.3 cm³/mol. The number of amides is 1. The number of hydrogen-bond donors (Lipinski definition) is 1. The van der Waals surface area contributed by atoms with Crippen LogP contribution < -0.4 is 0 Å². The number of halogens is 1. The zero-order valence-corrected chi connectivity index (χ0v) is 12.0. The highest BCUT2D eigenvalue weighted by Crippen LogP contribution is 2.39. The van der Waals surface area contributed by atoms with Gasteiger partial charge in [0.1, 0.15) is 5.56 Å². The summed E-state index contributed by atoms with van der Waals surface area (Å²) >= 11 is 6.03. The molecule has 1 amide bonds. The van der Waals surface area contributed by atoms with E-state index in [1.54, 1.807) is 4.90 Å². The number of fused-ring (bicyclic) bond motifs is 2. The Morgan fingerprint density at radius 3 is 2.52 bits per heavy atom. The van der Waals surface area contributed by atoms with Crippen LogP contribution in [0.5, 0.6) is 0 Å². The number of nitrogens with zero attached hydrogens (tertiary/aromatic N) is 2. The van der Waals surface area contributed by atoms with E-state index < -0.39 is 16.9 Å². The molecular weight excluding hydrogens is 296 g/mol. The van der Waals surface area contributed by atoms with E-state index in [-0.39, 0.29) is 28.4 Å². The number of carbonyl (C=O) groups is 1. The molecule has 0 aromatic heterocycles. The van der Waals surface area contributed by atoms with Gasteiger partial charge in [-0.2, -0.15) is 0 Å². The van der Waals surface area contributed by atoms with Gasteiger partial charge in [0.05, 0.1) is 16.0 Å². The van der Waals surface area contributed by atoms with Gasteiger partial charge in [-0.05, 0) is 31.7 Å². The van der Waals surface area contributed by atoms with Crippen molar-refractivity contribution in [1.29, 1.82) is 0 Å². The van der Waals surface area contributed by atoms with Crippen molar-refractivity contribution in [3.8, 4) is 0 Å². The summed E-state index contributed by atoms with van der Waals surface area (Å²) in [7, 11) is 0. The van der Waals surface area contributed by atoms with Crippen LogP contribution in [0.1, 0.15) is 36.0 Å². The summed E-state index contributed by atoms with van der Waals surface area (Å²) in [5, 5.41) is 21.0. The molecule has 1 aromatic rings. The third-order valence-electron chi connectivity index (χ3n) is 4.34. The van der Waals surface area contributed by atoms with Crippen LogP contribution in [0.25, 0.3) is 0 Å². The molecule has 2 saturated heterocycles. The molecule has 1 aromatic carbocycles. The second-order valence-electron chi connectivity index (χ2n) is 5.61. The van der Waals surface area contributed by atoms with Gasteiger partial charge in [0.15, 0.2) is 0 Å². The van der Waals surface area contributed by atoms with Crippen molar-refractivity contribution < 1.29 is 14.8 Å². The van der Waals surface area contributed by atoms with E-state index in [0.717, 1.165) is 12.8 Å². The number of nitro benzene ring substituents is 1. The van der Waals surface area contributed by atoms with E-state index in [2.05, 4.69) is 0 Å². The Hall–Kier alpha value is -1.66. The number of benzene rings is 1. The lowest BCUT2D eigenvalue weighted by Gasteiger charge is -2.37. The molecule has 7 heteroatoms. The van der Waals surface area contributed by atoms with E-state index in [1.807, 2.05) is 0 Å². The minimum Gasteiger partial charge on any atom is -0.393 e. The van der Waals surface area contributed by atoms with Crippen molar-refractivity contribution in [2.75, 3.05) is 0 Å². The number of rotatable bonds is 2. The number of aliphatic hydroxyl groups is 1. The largest absolute Gasteiger partial charge is 0.393 e. The van der Waals surface area contributed by atoms with Crippen LogP contribution in [0.15, 0.2) is 18.2 Å². The topological polar surface area (TPSA) is 83.7 Å². The van der Waals surface area contributed by atoms with Crippen LogP contribution in [0.3, 0.4) is 0 Å². The molecule has 2 fully saturated rings. The molecule has 3 rings (SSSR count). The maximum atomic E-state index is 12.8. The summed E-state index contributed by atoms with van der Waals surface area (Å²) in [6, 6.07) is 4.14. The molecule has 6 nitrogen and oxygen atoms in total. The summed E-state index contributed by atoms with van der Waals surface area (Å²) in [4.78, 5) is 25.0. The summed E-state index contributed by atoms with van der Waals surface area (Å²) < 4.78 is 0. The number of carbonyl (C=O) groups excluding carboxylic acids is 1. The first kappa shape index (κ1) is 14.3. The standard InChI is InChI=1S/C14H15ClN2O4/c15-11-2-1-3-12(17(20)21)13(11)14(19)16-8-4-5-9(16)7-10(18)6-8/h1-3,8-10,18H,4-7H2. The quantitative estimate of drug-likeness (QED) is 0.671. The Kier molecular flexibility index (Phi) is 3.59. The van der Waals surface area contributed by atoms with Crippen molar-refractivity contribution in [1.82, 2.24) is 4.90 Å². The van der Waals surface area contributed by atoms with Crippen molar-refractivity contribution in [3.63, 3.8) is 0 Å². The van der Waals surface area contributed by atoms with E-state index in [0.29, 0.717) is 12.8 Å². The predicted octanol–water partition coefficient (Wildman–Crippen LogP) is 2.38. The van der Waals surface area contributed by atoms with E-state index in [4.69, 9.17) is 11.6 Å². The lowest BCUT2D eigenvalue weighted by atomic mass is 9.98. The lowest BCUT2D eigenvalue weighted by Crippen LogP contribution is -2.48. The van der Waals surface area contributed by atoms with E-state index in [1.165, 1.54) is 18.2 Å². The van der Waals surface area contributed by atoms with Gasteiger partial charge in [-0.1, -0.05) is 17.7 Å². The Morgan fingerprint density at radius 1 is 1.33 bits per heavy atom. The third-order valence-corrected chi connectivity index (χ3v) is 4.66. The monoisotopic (exact) mass is 310 g/mol. The highest BCUT2D eigenvalue weighted by molar-refractivity contribution is 6.34. The molecular formula is C14H15ClN2O4. The fraction of sp³-hybridized carbons (Fsp3) is 0.500. The smallest absolute Gasteiger partial charge is 0.283 e. The van der Waals surface area contributed by atoms with Crippen LogP contribution >= 0.6 is 11.6 Å².